The van der Waals surface area contributed by atoms with Crippen LogP contribution in [0, 0.1) is 16.7 Å². The van der Waals surface area contributed by atoms with E-state index in [1.165, 1.54) is 25.7 Å². The highest BCUT2D eigenvalue weighted by atomic mass is 16.5. The molecule has 2 aliphatic carbocycles. The van der Waals surface area contributed by atoms with E-state index in [2.05, 4.69) is 26.1 Å². The normalized spacial score (nSPS) is 33.7. The highest BCUT2D eigenvalue weighted by molar-refractivity contribution is 5.11. The van der Waals surface area contributed by atoms with E-state index in [-0.39, 0.29) is 0 Å². The van der Waals surface area contributed by atoms with Crippen LogP contribution in [-0.4, -0.2) is 39.0 Å². The fraction of sp³-hybridized carbons (Fsp3) is 1.00. The van der Waals surface area contributed by atoms with Gasteiger partial charge in [0.25, 0.3) is 0 Å². The van der Waals surface area contributed by atoms with Gasteiger partial charge in [-0.3, -0.25) is 0 Å². The van der Waals surface area contributed by atoms with Crippen LogP contribution in [0.2, 0.25) is 0 Å². The SMILES string of the molecule is CCOCCCCNCCOC1CC2CCC1(C)C2(C)C. The van der Waals surface area contributed by atoms with E-state index >= 15 is 0 Å². The molecule has 0 saturated heterocycles. The van der Waals surface area contributed by atoms with Crippen molar-refractivity contribution in [3.05, 3.63) is 0 Å². The molecular weight excluding hydrogens is 262 g/mol. The second-order valence-electron chi connectivity index (χ2n) is 7.62. The molecule has 0 heterocycles. The van der Waals surface area contributed by atoms with Gasteiger partial charge in [0.15, 0.2) is 0 Å². The third kappa shape index (κ3) is 3.62. The quantitative estimate of drug-likeness (QED) is 0.625. The lowest BCUT2D eigenvalue weighted by Crippen LogP contribution is -2.38. The number of rotatable bonds is 10. The first kappa shape index (κ1) is 17.2. The highest BCUT2D eigenvalue weighted by Gasteiger charge is 2.61. The van der Waals surface area contributed by atoms with Crippen LogP contribution in [0.4, 0.5) is 0 Å². The van der Waals surface area contributed by atoms with Crippen LogP contribution >= 0.6 is 0 Å². The minimum absolute atomic E-state index is 0.398. The van der Waals surface area contributed by atoms with Crippen molar-refractivity contribution >= 4 is 0 Å². The molecule has 0 aromatic carbocycles. The van der Waals surface area contributed by atoms with Crippen LogP contribution < -0.4 is 5.32 Å². The van der Waals surface area contributed by atoms with E-state index < -0.39 is 0 Å². The number of ether oxygens (including phenoxy) is 2. The molecule has 2 saturated carbocycles. The summed E-state index contributed by atoms with van der Waals surface area (Å²) < 4.78 is 11.6. The zero-order valence-corrected chi connectivity index (χ0v) is 14.5. The molecule has 2 fully saturated rings. The molecule has 0 spiro atoms. The second kappa shape index (κ2) is 7.43. The number of hydrogen-bond acceptors (Lipinski definition) is 3. The maximum absolute atomic E-state index is 6.23. The largest absolute Gasteiger partial charge is 0.382 e. The Morgan fingerprint density at radius 3 is 2.52 bits per heavy atom. The molecule has 3 unspecified atom stereocenters. The molecule has 0 amide bonds. The Morgan fingerprint density at radius 2 is 1.90 bits per heavy atom. The van der Waals surface area contributed by atoms with Gasteiger partial charge in [-0.05, 0) is 62.3 Å². The molecule has 124 valence electrons. The van der Waals surface area contributed by atoms with Gasteiger partial charge in [0.05, 0.1) is 12.7 Å². The van der Waals surface area contributed by atoms with Crippen LogP contribution in [0.15, 0.2) is 0 Å². The summed E-state index contributed by atoms with van der Waals surface area (Å²) >= 11 is 0. The lowest BCUT2D eigenvalue weighted by atomic mass is 9.70. The molecule has 3 heteroatoms. The van der Waals surface area contributed by atoms with Gasteiger partial charge in [0, 0.05) is 19.8 Å². The Balaban J connectivity index is 1.54. The van der Waals surface area contributed by atoms with E-state index in [1.807, 2.05) is 6.92 Å². The Labute approximate surface area is 131 Å². The molecule has 3 atom stereocenters. The lowest BCUT2D eigenvalue weighted by Gasteiger charge is -2.38. The van der Waals surface area contributed by atoms with Gasteiger partial charge in [-0.25, -0.2) is 0 Å². The summed E-state index contributed by atoms with van der Waals surface area (Å²) in [4.78, 5) is 0. The van der Waals surface area contributed by atoms with E-state index in [0.717, 1.165) is 45.2 Å². The molecule has 1 N–H and O–H groups in total. The average molecular weight is 297 g/mol. The minimum Gasteiger partial charge on any atom is -0.382 e. The van der Waals surface area contributed by atoms with Gasteiger partial charge in [-0.2, -0.15) is 0 Å². The molecule has 3 nitrogen and oxygen atoms in total. The second-order valence-corrected chi connectivity index (χ2v) is 7.62. The van der Waals surface area contributed by atoms with Crippen LogP contribution in [0.3, 0.4) is 0 Å². The first-order valence-corrected chi connectivity index (χ1v) is 8.92. The summed E-state index contributed by atoms with van der Waals surface area (Å²) in [6.45, 7) is 14.0. The first-order valence-electron chi connectivity index (χ1n) is 8.92. The topological polar surface area (TPSA) is 30.5 Å². The molecule has 2 rings (SSSR count). The van der Waals surface area contributed by atoms with E-state index in [1.54, 1.807) is 0 Å². The minimum atomic E-state index is 0.398. The van der Waals surface area contributed by atoms with Crippen molar-refractivity contribution in [1.82, 2.24) is 5.32 Å². The van der Waals surface area contributed by atoms with E-state index in [9.17, 15) is 0 Å². The van der Waals surface area contributed by atoms with Crippen molar-refractivity contribution in [3.8, 4) is 0 Å². The standard InChI is InChI=1S/C18H35NO2/c1-5-20-12-7-6-10-19-11-13-21-16-14-15-8-9-18(16,4)17(15,2)3/h15-16,19H,5-14H2,1-4H3. The van der Waals surface area contributed by atoms with Gasteiger partial charge >= 0.3 is 0 Å². The van der Waals surface area contributed by atoms with Crippen LogP contribution in [0.5, 0.6) is 0 Å². The number of nitrogens with one attached hydrogen (secondary N) is 1. The van der Waals surface area contributed by atoms with E-state index in [4.69, 9.17) is 9.47 Å². The Bertz CT molecular complexity index is 318. The molecule has 0 aromatic heterocycles. The van der Waals surface area contributed by atoms with Crippen molar-refractivity contribution in [2.45, 2.75) is 65.9 Å². The average Bonchev–Trinajstić information content (AvgIpc) is 2.78. The molecular formula is C18H35NO2. The smallest absolute Gasteiger partial charge is 0.0637 e. The Kier molecular flexibility index (Phi) is 6.10. The summed E-state index contributed by atoms with van der Waals surface area (Å²) in [7, 11) is 0. The summed E-state index contributed by atoms with van der Waals surface area (Å²) in [5.74, 6) is 0.874. The van der Waals surface area contributed by atoms with Crippen LogP contribution in [-0.2, 0) is 9.47 Å². The summed E-state index contributed by atoms with van der Waals surface area (Å²) in [6.07, 6.45) is 6.85. The van der Waals surface area contributed by atoms with E-state index in [0.29, 0.717) is 16.9 Å². The van der Waals surface area contributed by atoms with Gasteiger partial charge in [-0.15, -0.1) is 0 Å². The fourth-order valence-electron chi connectivity index (χ4n) is 4.38. The number of unbranched alkanes of at least 4 members (excludes halogenated alkanes) is 1. The summed E-state index contributed by atoms with van der Waals surface area (Å²) in [5.41, 5.74) is 0.861. The Morgan fingerprint density at radius 1 is 1.10 bits per heavy atom. The summed E-state index contributed by atoms with van der Waals surface area (Å²) in [5, 5.41) is 3.48. The number of fused-ring (bicyclic) bond motifs is 2. The van der Waals surface area contributed by atoms with Crippen molar-refractivity contribution < 1.29 is 9.47 Å². The maximum Gasteiger partial charge on any atom is 0.0637 e. The Hall–Kier alpha value is -0.120. The van der Waals surface area contributed by atoms with Crippen LogP contribution in [0.1, 0.15) is 59.8 Å². The van der Waals surface area contributed by atoms with Crippen molar-refractivity contribution in [1.29, 1.82) is 0 Å². The van der Waals surface area contributed by atoms with Gasteiger partial charge in [0.1, 0.15) is 0 Å². The number of hydrogen-bond donors (Lipinski definition) is 1. The predicted octanol–water partition coefficient (Wildman–Crippen LogP) is 3.62. The zero-order chi connectivity index (χ0) is 15.3. The molecule has 21 heavy (non-hydrogen) atoms. The predicted molar refractivity (Wildman–Crippen MR) is 87.6 cm³/mol. The molecule has 0 radical (unpaired) electrons. The molecule has 2 bridgehead atoms. The molecule has 0 aromatic rings. The molecule has 0 aliphatic heterocycles. The highest BCUT2D eigenvalue weighted by Crippen LogP contribution is 2.66. The van der Waals surface area contributed by atoms with Crippen LogP contribution in [0.25, 0.3) is 0 Å². The van der Waals surface area contributed by atoms with Gasteiger partial charge in [-0.1, -0.05) is 20.8 Å². The summed E-state index contributed by atoms with van der Waals surface area (Å²) in [6, 6.07) is 0. The van der Waals surface area contributed by atoms with Gasteiger partial charge in [0.2, 0.25) is 0 Å². The zero-order valence-electron chi connectivity index (χ0n) is 14.5. The molecule has 2 aliphatic rings. The van der Waals surface area contributed by atoms with Crippen molar-refractivity contribution in [2.24, 2.45) is 16.7 Å². The van der Waals surface area contributed by atoms with Gasteiger partial charge < -0.3 is 14.8 Å². The lowest BCUT2D eigenvalue weighted by molar-refractivity contribution is -0.0449. The maximum atomic E-state index is 6.23. The first-order chi connectivity index (χ1) is 10.0. The van der Waals surface area contributed by atoms with Crippen molar-refractivity contribution in [3.63, 3.8) is 0 Å². The fourth-order valence-corrected chi connectivity index (χ4v) is 4.38. The van der Waals surface area contributed by atoms with Crippen molar-refractivity contribution in [2.75, 3.05) is 32.9 Å². The third-order valence-corrected chi connectivity index (χ3v) is 6.41. The monoisotopic (exact) mass is 297 g/mol. The third-order valence-electron chi connectivity index (χ3n) is 6.41.